The van der Waals surface area contributed by atoms with E-state index in [9.17, 15) is 9.59 Å². The van der Waals surface area contributed by atoms with Gasteiger partial charge in [0.05, 0.1) is 0 Å². The maximum absolute atomic E-state index is 12.5. The summed E-state index contributed by atoms with van der Waals surface area (Å²) >= 11 is 5.93. The van der Waals surface area contributed by atoms with Gasteiger partial charge in [0.15, 0.2) is 0 Å². The molecule has 0 heterocycles. The number of rotatable bonds is 5. The first-order chi connectivity index (χ1) is 11.4. The monoisotopic (exact) mass is 344 g/mol. The molecule has 0 aromatic heterocycles. The van der Waals surface area contributed by atoms with Crippen molar-refractivity contribution in [1.29, 1.82) is 0 Å². The van der Waals surface area contributed by atoms with E-state index in [1.165, 1.54) is 0 Å². The molecule has 126 valence electrons. The van der Waals surface area contributed by atoms with Crippen LogP contribution in [0.1, 0.15) is 29.8 Å². The van der Waals surface area contributed by atoms with Crippen molar-refractivity contribution >= 4 is 29.1 Å². The van der Waals surface area contributed by atoms with Crippen LogP contribution in [-0.2, 0) is 4.79 Å². The van der Waals surface area contributed by atoms with E-state index in [0.717, 1.165) is 5.56 Å². The molecule has 2 rings (SSSR count). The predicted molar refractivity (Wildman–Crippen MR) is 97.4 cm³/mol. The molecule has 0 saturated heterocycles. The Kier molecular flexibility index (Phi) is 5.99. The van der Waals surface area contributed by atoms with E-state index in [0.29, 0.717) is 16.3 Å². The van der Waals surface area contributed by atoms with Crippen LogP contribution in [0.5, 0.6) is 0 Å². The standard InChI is InChI=1S/C19H21ClN2O2/c1-12(2)17(19(24)21-15-9-6-8-14(20)11-15)22-18(23)16-10-5-4-7-13(16)3/h4-12,17H,1-3H3,(H,21,24)(H,22,23). The SMILES string of the molecule is Cc1ccccc1C(=O)NC(C(=O)Nc1cccc(Cl)c1)C(C)C. The topological polar surface area (TPSA) is 58.2 Å². The number of anilines is 1. The highest BCUT2D eigenvalue weighted by Crippen LogP contribution is 2.16. The highest BCUT2D eigenvalue weighted by molar-refractivity contribution is 6.30. The summed E-state index contributed by atoms with van der Waals surface area (Å²) in [6.45, 7) is 5.64. The normalized spacial score (nSPS) is 11.9. The lowest BCUT2D eigenvalue weighted by molar-refractivity contribution is -0.118. The van der Waals surface area contributed by atoms with E-state index < -0.39 is 6.04 Å². The Labute approximate surface area is 147 Å². The fourth-order valence-electron chi connectivity index (χ4n) is 2.37. The van der Waals surface area contributed by atoms with E-state index in [1.54, 1.807) is 36.4 Å². The first-order valence-electron chi connectivity index (χ1n) is 7.81. The van der Waals surface area contributed by atoms with E-state index in [2.05, 4.69) is 10.6 Å². The van der Waals surface area contributed by atoms with Crippen LogP contribution in [0.3, 0.4) is 0 Å². The first-order valence-corrected chi connectivity index (χ1v) is 8.19. The summed E-state index contributed by atoms with van der Waals surface area (Å²) in [5.41, 5.74) is 2.04. The molecule has 2 N–H and O–H groups in total. The summed E-state index contributed by atoms with van der Waals surface area (Å²) < 4.78 is 0. The molecular weight excluding hydrogens is 324 g/mol. The number of halogens is 1. The van der Waals surface area contributed by atoms with E-state index in [4.69, 9.17) is 11.6 Å². The van der Waals surface area contributed by atoms with Crippen LogP contribution in [0.2, 0.25) is 5.02 Å². The lowest BCUT2D eigenvalue weighted by Gasteiger charge is -2.22. The minimum Gasteiger partial charge on any atom is -0.340 e. The molecule has 0 aliphatic rings. The third-order valence-corrected chi connectivity index (χ3v) is 3.95. The Balaban J connectivity index is 2.13. The van der Waals surface area contributed by atoms with Gasteiger partial charge in [-0.1, -0.05) is 49.7 Å². The van der Waals surface area contributed by atoms with Gasteiger partial charge in [-0.15, -0.1) is 0 Å². The second kappa shape index (κ2) is 7.97. The highest BCUT2D eigenvalue weighted by Gasteiger charge is 2.25. The van der Waals surface area contributed by atoms with Crippen LogP contribution in [0.4, 0.5) is 5.69 Å². The smallest absolute Gasteiger partial charge is 0.252 e. The zero-order valence-corrected chi connectivity index (χ0v) is 14.7. The summed E-state index contributed by atoms with van der Waals surface area (Å²) in [5, 5.41) is 6.16. The summed E-state index contributed by atoms with van der Waals surface area (Å²) in [4.78, 5) is 25.0. The van der Waals surface area contributed by atoms with Gasteiger partial charge in [-0.05, 0) is 42.7 Å². The van der Waals surface area contributed by atoms with Crippen molar-refractivity contribution in [3.05, 3.63) is 64.7 Å². The van der Waals surface area contributed by atoms with Crippen LogP contribution < -0.4 is 10.6 Å². The van der Waals surface area contributed by atoms with Crippen molar-refractivity contribution in [2.75, 3.05) is 5.32 Å². The van der Waals surface area contributed by atoms with Gasteiger partial charge in [-0.2, -0.15) is 0 Å². The summed E-state index contributed by atoms with van der Waals surface area (Å²) in [6, 6.07) is 13.6. The Morgan fingerprint density at radius 3 is 2.38 bits per heavy atom. The van der Waals surface area contributed by atoms with Crippen LogP contribution in [0, 0.1) is 12.8 Å². The number of hydrogen-bond acceptors (Lipinski definition) is 2. The number of benzene rings is 2. The Hall–Kier alpha value is -2.33. The number of aryl methyl sites for hydroxylation is 1. The van der Waals surface area contributed by atoms with Gasteiger partial charge in [0.25, 0.3) is 5.91 Å². The van der Waals surface area contributed by atoms with Crippen LogP contribution >= 0.6 is 11.6 Å². The third kappa shape index (κ3) is 4.59. The van der Waals surface area contributed by atoms with Crippen molar-refractivity contribution in [3.63, 3.8) is 0 Å². The molecule has 2 aromatic rings. The Morgan fingerprint density at radius 1 is 1.04 bits per heavy atom. The molecule has 0 aliphatic heterocycles. The zero-order chi connectivity index (χ0) is 17.7. The molecule has 5 heteroatoms. The number of hydrogen-bond donors (Lipinski definition) is 2. The van der Waals surface area contributed by atoms with Crippen LogP contribution in [0.25, 0.3) is 0 Å². The van der Waals surface area contributed by atoms with Crippen molar-refractivity contribution < 1.29 is 9.59 Å². The second-order valence-electron chi connectivity index (χ2n) is 6.01. The fourth-order valence-corrected chi connectivity index (χ4v) is 2.56. The Bertz CT molecular complexity index is 744. The van der Waals surface area contributed by atoms with Gasteiger partial charge in [-0.3, -0.25) is 9.59 Å². The third-order valence-electron chi connectivity index (χ3n) is 3.72. The average molecular weight is 345 g/mol. The van der Waals surface area contributed by atoms with Crippen molar-refractivity contribution in [1.82, 2.24) is 5.32 Å². The molecular formula is C19H21ClN2O2. The van der Waals surface area contributed by atoms with Gasteiger partial charge in [-0.25, -0.2) is 0 Å². The summed E-state index contributed by atoms with van der Waals surface area (Å²) in [5.74, 6) is -0.584. The predicted octanol–water partition coefficient (Wildman–Crippen LogP) is 4.04. The molecule has 1 unspecified atom stereocenters. The van der Waals surface area contributed by atoms with Gasteiger partial charge in [0, 0.05) is 16.3 Å². The number of carbonyl (C=O) groups excluding carboxylic acids is 2. The molecule has 0 saturated carbocycles. The molecule has 0 aliphatic carbocycles. The number of amides is 2. The Morgan fingerprint density at radius 2 is 1.75 bits per heavy atom. The minimum atomic E-state index is -0.643. The lowest BCUT2D eigenvalue weighted by Crippen LogP contribution is -2.47. The maximum atomic E-state index is 12.5. The average Bonchev–Trinajstić information content (AvgIpc) is 2.52. The van der Waals surface area contributed by atoms with E-state index in [1.807, 2.05) is 32.9 Å². The molecule has 0 spiro atoms. The second-order valence-corrected chi connectivity index (χ2v) is 6.45. The van der Waals surface area contributed by atoms with Gasteiger partial charge in [0.1, 0.15) is 6.04 Å². The number of nitrogens with one attached hydrogen (secondary N) is 2. The minimum absolute atomic E-state index is 0.0582. The fraction of sp³-hybridized carbons (Fsp3) is 0.263. The molecule has 1 atom stereocenters. The molecule has 0 radical (unpaired) electrons. The first kappa shape index (κ1) is 18.0. The van der Waals surface area contributed by atoms with Gasteiger partial charge in [0.2, 0.25) is 5.91 Å². The highest BCUT2D eigenvalue weighted by atomic mass is 35.5. The summed E-state index contributed by atoms with van der Waals surface area (Å²) in [7, 11) is 0. The van der Waals surface area contributed by atoms with Crippen molar-refractivity contribution in [2.24, 2.45) is 5.92 Å². The number of carbonyl (C=O) groups is 2. The van der Waals surface area contributed by atoms with Crippen LogP contribution in [-0.4, -0.2) is 17.9 Å². The summed E-state index contributed by atoms with van der Waals surface area (Å²) in [6.07, 6.45) is 0. The van der Waals surface area contributed by atoms with Crippen molar-refractivity contribution in [3.8, 4) is 0 Å². The van der Waals surface area contributed by atoms with Gasteiger partial charge >= 0.3 is 0 Å². The zero-order valence-electron chi connectivity index (χ0n) is 14.0. The molecule has 4 nitrogen and oxygen atoms in total. The largest absolute Gasteiger partial charge is 0.340 e. The molecule has 2 amide bonds. The van der Waals surface area contributed by atoms with Crippen molar-refractivity contribution in [2.45, 2.75) is 26.8 Å². The lowest BCUT2D eigenvalue weighted by atomic mass is 10.0. The van der Waals surface area contributed by atoms with E-state index in [-0.39, 0.29) is 17.7 Å². The maximum Gasteiger partial charge on any atom is 0.252 e. The molecule has 0 bridgehead atoms. The molecule has 0 fully saturated rings. The van der Waals surface area contributed by atoms with Crippen LogP contribution in [0.15, 0.2) is 48.5 Å². The molecule has 2 aromatic carbocycles. The quantitative estimate of drug-likeness (QED) is 0.860. The van der Waals surface area contributed by atoms with E-state index >= 15 is 0 Å². The molecule has 24 heavy (non-hydrogen) atoms. The van der Waals surface area contributed by atoms with Gasteiger partial charge < -0.3 is 10.6 Å².